The quantitative estimate of drug-likeness (QED) is 0.774. The van der Waals surface area contributed by atoms with Crippen LogP contribution < -0.4 is 4.72 Å². The largest absolute Gasteiger partial charge is 0.396 e. The average Bonchev–Trinajstić information content (AvgIpc) is 3.17. The molecule has 5 heteroatoms. The number of hydrogen-bond acceptors (Lipinski definition) is 3. The SMILES string of the molecule is CC(C)Cc1ccc(S(=O)(=O)NCC2(CCO)CC2)cc1. The highest BCUT2D eigenvalue weighted by Gasteiger charge is 2.42. The van der Waals surface area contributed by atoms with Gasteiger partial charge in [0.2, 0.25) is 10.0 Å². The summed E-state index contributed by atoms with van der Waals surface area (Å²) >= 11 is 0. The zero-order valence-corrected chi connectivity index (χ0v) is 13.6. The molecule has 1 saturated carbocycles. The van der Waals surface area contributed by atoms with Crippen molar-refractivity contribution in [3.63, 3.8) is 0 Å². The zero-order chi connectivity index (χ0) is 15.5. The van der Waals surface area contributed by atoms with Crippen molar-refractivity contribution in [2.24, 2.45) is 11.3 Å². The van der Waals surface area contributed by atoms with Crippen LogP contribution in [0.3, 0.4) is 0 Å². The number of benzene rings is 1. The van der Waals surface area contributed by atoms with E-state index in [0.29, 0.717) is 23.8 Å². The molecular formula is C16H25NO3S. The van der Waals surface area contributed by atoms with Crippen molar-refractivity contribution in [1.29, 1.82) is 0 Å². The van der Waals surface area contributed by atoms with E-state index >= 15 is 0 Å². The van der Waals surface area contributed by atoms with Gasteiger partial charge in [0, 0.05) is 13.2 Å². The molecule has 1 aliphatic carbocycles. The predicted octanol–water partition coefficient (Wildman–Crippen LogP) is 2.33. The normalized spacial score (nSPS) is 17.1. The molecule has 1 aromatic carbocycles. The summed E-state index contributed by atoms with van der Waals surface area (Å²) in [7, 11) is -3.45. The molecule has 0 bridgehead atoms. The molecule has 0 aliphatic heterocycles. The Labute approximate surface area is 127 Å². The lowest BCUT2D eigenvalue weighted by molar-refractivity contribution is 0.249. The summed E-state index contributed by atoms with van der Waals surface area (Å²) in [6, 6.07) is 7.11. The highest BCUT2D eigenvalue weighted by atomic mass is 32.2. The van der Waals surface area contributed by atoms with E-state index in [1.165, 1.54) is 0 Å². The van der Waals surface area contributed by atoms with Gasteiger partial charge in [-0.3, -0.25) is 0 Å². The molecule has 1 fully saturated rings. The van der Waals surface area contributed by atoms with Gasteiger partial charge in [0.05, 0.1) is 4.90 Å². The van der Waals surface area contributed by atoms with Crippen molar-refractivity contribution in [2.75, 3.05) is 13.2 Å². The monoisotopic (exact) mass is 311 g/mol. The van der Waals surface area contributed by atoms with Crippen LogP contribution >= 0.6 is 0 Å². The minimum absolute atomic E-state index is 0.0145. The van der Waals surface area contributed by atoms with E-state index in [2.05, 4.69) is 18.6 Å². The standard InChI is InChI=1S/C16H25NO3S/c1-13(2)11-14-3-5-15(6-4-14)21(19,20)17-12-16(7-8-16)9-10-18/h3-6,13,17-18H,7-12H2,1-2H3. The van der Waals surface area contributed by atoms with Gasteiger partial charge in [-0.25, -0.2) is 13.1 Å². The first-order valence-corrected chi connectivity index (χ1v) is 9.05. The van der Waals surface area contributed by atoms with E-state index in [1.54, 1.807) is 12.1 Å². The Balaban J connectivity index is 1.99. The molecule has 0 spiro atoms. The first kappa shape index (κ1) is 16.5. The molecule has 0 heterocycles. The Kier molecular flexibility index (Phi) is 5.07. The van der Waals surface area contributed by atoms with Crippen molar-refractivity contribution in [1.82, 2.24) is 4.72 Å². The summed E-state index contributed by atoms with van der Waals surface area (Å²) in [5.41, 5.74) is 1.14. The molecule has 4 nitrogen and oxygen atoms in total. The third kappa shape index (κ3) is 4.53. The van der Waals surface area contributed by atoms with Crippen LogP contribution in [-0.4, -0.2) is 26.7 Å². The first-order chi connectivity index (χ1) is 9.87. The van der Waals surface area contributed by atoms with Crippen LogP contribution in [0, 0.1) is 11.3 Å². The number of sulfonamides is 1. The third-order valence-corrected chi connectivity index (χ3v) is 5.53. The van der Waals surface area contributed by atoms with Crippen LogP contribution in [0.4, 0.5) is 0 Å². The second-order valence-electron chi connectivity index (χ2n) is 6.54. The fourth-order valence-corrected chi connectivity index (χ4v) is 3.69. The minimum Gasteiger partial charge on any atom is -0.396 e. The molecule has 0 aromatic heterocycles. The van der Waals surface area contributed by atoms with Crippen LogP contribution in [0.15, 0.2) is 29.2 Å². The van der Waals surface area contributed by atoms with Crippen molar-refractivity contribution < 1.29 is 13.5 Å². The van der Waals surface area contributed by atoms with Gasteiger partial charge in [-0.15, -0.1) is 0 Å². The number of aliphatic hydroxyl groups is 1. The van der Waals surface area contributed by atoms with Crippen LogP contribution in [0.5, 0.6) is 0 Å². The Morgan fingerprint density at radius 2 is 1.86 bits per heavy atom. The Morgan fingerprint density at radius 1 is 1.24 bits per heavy atom. The van der Waals surface area contributed by atoms with Gasteiger partial charge in [-0.1, -0.05) is 26.0 Å². The minimum atomic E-state index is -3.45. The topological polar surface area (TPSA) is 66.4 Å². The summed E-state index contributed by atoms with van der Waals surface area (Å²) < 4.78 is 27.2. The molecule has 0 unspecified atom stereocenters. The van der Waals surface area contributed by atoms with Crippen molar-refractivity contribution in [3.05, 3.63) is 29.8 Å². The fraction of sp³-hybridized carbons (Fsp3) is 0.625. The lowest BCUT2D eigenvalue weighted by Gasteiger charge is -2.15. The van der Waals surface area contributed by atoms with E-state index in [4.69, 9.17) is 5.11 Å². The molecule has 118 valence electrons. The summed E-state index contributed by atoms with van der Waals surface area (Å²) in [6.45, 7) is 4.82. The molecule has 21 heavy (non-hydrogen) atoms. The maximum absolute atomic E-state index is 12.3. The molecule has 0 radical (unpaired) electrons. The van der Waals surface area contributed by atoms with E-state index in [0.717, 1.165) is 24.8 Å². The summed E-state index contributed by atoms with van der Waals surface area (Å²) in [5.74, 6) is 0.554. The summed E-state index contributed by atoms with van der Waals surface area (Å²) in [5, 5.41) is 9.01. The van der Waals surface area contributed by atoms with Crippen molar-refractivity contribution in [2.45, 2.75) is 44.4 Å². The molecule has 1 aliphatic rings. The maximum Gasteiger partial charge on any atom is 0.240 e. The smallest absolute Gasteiger partial charge is 0.240 e. The average molecular weight is 311 g/mol. The number of hydrogen-bond donors (Lipinski definition) is 2. The van der Waals surface area contributed by atoms with E-state index in [-0.39, 0.29) is 12.0 Å². The Hall–Kier alpha value is -0.910. The molecule has 2 rings (SSSR count). The molecule has 1 aromatic rings. The maximum atomic E-state index is 12.3. The van der Waals surface area contributed by atoms with Gasteiger partial charge >= 0.3 is 0 Å². The zero-order valence-electron chi connectivity index (χ0n) is 12.8. The van der Waals surface area contributed by atoms with Crippen molar-refractivity contribution >= 4 is 10.0 Å². The summed E-state index contributed by atoms with van der Waals surface area (Å²) in [6.07, 6.45) is 3.60. The lowest BCUT2D eigenvalue weighted by Crippen LogP contribution is -2.30. The van der Waals surface area contributed by atoms with E-state index in [9.17, 15) is 8.42 Å². The van der Waals surface area contributed by atoms with Crippen LogP contribution in [-0.2, 0) is 16.4 Å². The highest BCUT2D eigenvalue weighted by Crippen LogP contribution is 2.48. The second kappa shape index (κ2) is 6.46. The Bertz CT molecular complexity index is 560. The van der Waals surface area contributed by atoms with Gasteiger partial charge in [0.25, 0.3) is 0 Å². The summed E-state index contributed by atoms with van der Waals surface area (Å²) in [4.78, 5) is 0.315. The molecule has 0 atom stereocenters. The van der Waals surface area contributed by atoms with Crippen LogP contribution in [0.1, 0.15) is 38.7 Å². The lowest BCUT2D eigenvalue weighted by atomic mass is 10.0. The molecule has 0 saturated heterocycles. The molecular weight excluding hydrogens is 286 g/mol. The highest BCUT2D eigenvalue weighted by molar-refractivity contribution is 7.89. The third-order valence-electron chi connectivity index (χ3n) is 4.11. The van der Waals surface area contributed by atoms with E-state index < -0.39 is 10.0 Å². The van der Waals surface area contributed by atoms with Crippen LogP contribution in [0.25, 0.3) is 0 Å². The van der Waals surface area contributed by atoms with Gasteiger partial charge in [-0.05, 0) is 54.7 Å². The second-order valence-corrected chi connectivity index (χ2v) is 8.31. The predicted molar refractivity (Wildman–Crippen MR) is 83.5 cm³/mol. The molecule has 0 amide bonds. The van der Waals surface area contributed by atoms with Crippen LogP contribution in [0.2, 0.25) is 0 Å². The molecule has 2 N–H and O–H groups in total. The Morgan fingerprint density at radius 3 is 2.33 bits per heavy atom. The van der Waals surface area contributed by atoms with Gasteiger partial charge < -0.3 is 5.11 Å². The van der Waals surface area contributed by atoms with E-state index in [1.807, 2.05) is 12.1 Å². The van der Waals surface area contributed by atoms with Gasteiger partial charge in [0.1, 0.15) is 0 Å². The van der Waals surface area contributed by atoms with Gasteiger partial charge in [-0.2, -0.15) is 0 Å². The number of aliphatic hydroxyl groups excluding tert-OH is 1. The fourth-order valence-electron chi connectivity index (χ4n) is 2.54. The number of rotatable bonds is 8. The first-order valence-electron chi connectivity index (χ1n) is 7.56. The van der Waals surface area contributed by atoms with Gasteiger partial charge in [0.15, 0.2) is 0 Å². The van der Waals surface area contributed by atoms with Crippen molar-refractivity contribution in [3.8, 4) is 0 Å². The number of nitrogens with one attached hydrogen (secondary N) is 1.